The van der Waals surface area contributed by atoms with Crippen molar-refractivity contribution in [3.63, 3.8) is 0 Å². The van der Waals surface area contributed by atoms with E-state index in [1.807, 2.05) is 42.2 Å². The third kappa shape index (κ3) is 10.5. The SMILES string of the molecule is COCCCOc1nccc(CN(C(=O)C2=C(c3ccc(CCCOc4c(F)ccc(F)c4Cl)cc3)CC3CCC2N3C(=O)OCCCCO[N+](=O)[O-])C2CC2)c1C. The Morgan fingerprint density at radius 2 is 1.67 bits per heavy atom. The number of benzene rings is 2. The van der Waals surface area contributed by atoms with Crippen molar-refractivity contribution >= 4 is 29.2 Å². The lowest BCUT2D eigenvalue weighted by atomic mass is 9.87. The summed E-state index contributed by atoms with van der Waals surface area (Å²) in [6.07, 6.45) is 7.25. The minimum absolute atomic E-state index is 0.0427. The Morgan fingerprint density at radius 1 is 0.931 bits per heavy atom. The molecule has 2 amide bonds. The molecule has 6 rings (SSSR count). The molecule has 1 saturated heterocycles. The maximum absolute atomic E-state index is 15.1. The summed E-state index contributed by atoms with van der Waals surface area (Å²) >= 11 is 5.90. The quantitative estimate of drug-likeness (QED) is 0.0448. The zero-order valence-corrected chi connectivity index (χ0v) is 33.5. The number of pyridine rings is 1. The van der Waals surface area contributed by atoms with Crippen molar-refractivity contribution in [2.24, 2.45) is 0 Å². The molecule has 3 aliphatic rings. The normalized spacial score (nSPS) is 17.3. The van der Waals surface area contributed by atoms with E-state index in [1.165, 1.54) is 0 Å². The summed E-state index contributed by atoms with van der Waals surface area (Å²) in [6.45, 7) is 3.42. The van der Waals surface area contributed by atoms with Crippen LogP contribution in [0.3, 0.4) is 0 Å². The minimum atomic E-state index is -0.849. The monoisotopic (exact) mass is 826 g/mol. The molecule has 13 nitrogen and oxygen atoms in total. The van der Waals surface area contributed by atoms with Crippen LogP contribution in [0, 0.1) is 28.7 Å². The molecule has 3 heterocycles. The number of aromatic nitrogens is 1. The van der Waals surface area contributed by atoms with E-state index < -0.39 is 28.9 Å². The number of hydrogen-bond acceptors (Lipinski definition) is 10. The molecule has 0 radical (unpaired) electrons. The largest absolute Gasteiger partial charge is 0.489 e. The van der Waals surface area contributed by atoms with Gasteiger partial charge in [0.1, 0.15) is 10.8 Å². The number of fused-ring (bicyclic) bond motifs is 2. The molecule has 2 aromatic carbocycles. The molecule has 2 aliphatic heterocycles. The number of carbonyl (C=O) groups is 2. The van der Waals surface area contributed by atoms with E-state index in [0.29, 0.717) is 82.6 Å². The van der Waals surface area contributed by atoms with E-state index in [1.54, 1.807) is 18.2 Å². The van der Waals surface area contributed by atoms with E-state index in [0.717, 1.165) is 52.8 Å². The summed E-state index contributed by atoms with van der Waals surface area (Å²) in [4.78, 5) is 51.7. The van der Waals surface area contributed by atoms with E-state index in [-0.39, 0.29) is 48.6 Å². The molecule has 0 N–H and O–H groups in total. The van der Waals surface area contributed by atoms with Crippen LogP contribution in [-0.2, 0) is 32.1 Å². The molecule has 1 aliphatic carbocycles. The van der Waals surface area contributed by atoms with Crippen LogP contribution >= 0.6 is 11.6 Å². The Balaban J connectivity index is 1.22. The smallest absolute Gasteiger partial charge is 0.410 e. The Kier molecular flexibility index (Phi) is 14.8. The van der Waals surface area contributed by atoms with Crippen LogP contribution < -0.4 is 9.47 Å². The van der Waals surface area contributed by atoms with Crippen LogP contribution in [0.4, 0.5) is 13.6 Å². The molecular weight excluding hydrogens is 778 g/mol. The second-order valence-electron chi connectivity index (χ2n) is 14.7. The molecule has 58 heavy (non-hydrogen) atoms. The number of amides is 2. The molecule has 312 valence electrons. The predicted octanol–water partition coefficient (Wildman–Crippen LogP) is 8.06. The fraction of sp³-hybridized carbons (Fsp3) is 0.500. The maximum Gasteiger partial charge on any atom is 0.410 e. The number of halogens is 3. The Labute approximate surface area is 341 Å². The van der Waals surface area contributed by atoms with E-state index in [4.69, 9.17) is 30.5 Å². The van der Waals surface area contributed by atoms with Gasteiger partial charge in [0.05, 0.1) is 32.5 Å². The summed E-state index contributed by atoms with van der Waals surface area (Å²) < 4.78 is 50.3. The number of nitrogens with zero attached hydrogens (tertiary/aromatic N) is 4. The van der Waals surface area contributed by atoms with Crippen molar-refractivity contribution in [2.45, 2.75) is 95.8 Å². The third-order valence-corrected chi connectivity index (χ3v) is 11.1. The van der Waals surface area contributed by atoms with Crippen LogP contribution in [0.1, 0.15) is 80.0 Å². The number of methoxy groups -OCH3 is 1. The third-order valence-electron chi connectivity index (χ3n) is 10.8. The van der Waals surface area contributed by atoms with E-state index in [2.05, 4.69) is 9.82 Å². The molecule has 16 heteroatoms. The lowest BCUT2D eigenvalue weighted by molar-refractivity contribution is -0.757. The van der Waals surface area contributed by atoms with Gasteiger partial charge in [-0.3, -0.25) is 9.69 Å². The minimum Gasteiger partial charge on any atom is -0.489 e. The number of unbranched alkanes of at least 4 members (excludes halogenated alkanes) is 1. The summed E-state index contributed by atoms with van der Waals surface area (Å²) in [5, 5.41) is 9.25. The van der Waals surface area contributed by atoms with Gasteiger partial charge in [-0.25, -0.2) is 18.6 Å². The Morgan fingerprint density at radius 3 is 2.41 bits per heavy atom. The second kappa shape index (κ2) is 20.1. The van der Waals surface area contributed by atoms with Gasteiger partial charge in [-0.2, -0.15) is 0 Å². The van der Waals surface area contributed by atoms with Gasteiger partial charge >= 0.3 is 6.09 Å². The average Bonchev–Trinajstić information content (AvgIpc) is 4.01. The van der Waals surface area contributed by atoms with Gasteiger partial charge < -0.3 is 28.7 Å². The molecule has 2 unspecified atom stereocenters. The van der Waals surface area contributed by atoms with E-state index >= 15 is 4.79 Å². The van der Waals surface area contributed by atoms with Crippen molar-refractivity contribution in [2.75, 3.05) is 40.1 Å². The zero-order chi connectivity index (χ0) is 41.2. The van der Waals surface area contributed by atoms with Gasteiger partial charge in [0, 0.05) is 56.1 Å². The first-order chi connectivity index (χ1) is 28.1. The highest BCUT2D eigenvalue weighted by molar-refractivity contribution is 6.32. The summed E-state index contributed by atoms with van der Waals surface area (Å²) in [7, 11) is 1.64. The lowest BCUT2D eigenvalue weighted by Crippen LogP contribution is -2.49. The first-order valence-electron chi connectivity index (χ1n) is 19.8. The van der Waals surface area contributed by atoms with E-state index in [9.17, 15) is 23.7 Å². The van der Waals surface area contributed by atoms with Crippen molar-refractivity contribution < 1.29 is 47.2 Å². The van der Waals surface area contributed by atoms with Crippen LogP contribution in [-0.4, -0.2) is 90.1 Å². The van der Waals surface area contributed by atoms with Crippen molar-refractivity contribution in [1.29, 1.82) is 0 Å². The fourth-order valence-electron chi connectivity index (χ4n) is 7.61. The first kappa shape index (κ1) is 42.6. The standard InChI is InChI=1S/C42H49ClF2N4O9/c1-27-30(18-19-46-40(27)56-23-6-20-54-2)26-47(31-12-13-31)41(50)37-33(25-32-14-17-36(37)48(32)42(51)57-21-3-4-24-58-49(52)53)29-10-8-28(9-11-29)7-5-22-55-39-35(45)16-15-34(44)38(39)43/h8-11,15-16,18-19,31-32,36H,3-7,12-14,17,20-26H2,1-2H3. The number of rotatable bonds is 21. The van der Waals surface area contributed by atoms with Crippen LogP contribution in [0.25, 0.3) is 5.57 Å². The number of ether oxygens (including phenoxy) is 4. The van der Waals surface area contributed by atoms with Crippen molar-refractivity contribution in [3.05, 3.63) is 103 Å². The van der Waals surface area contributed by atoms with Gasteiger partial charge in [-0.15, -0.1) is 10.1 Å². The van der Waals surface area contributed by atoms with Crippen LogP contribution in [0.15, 0.2) is 54.2 Å². The predicted molar refractivity (Wildman–Crippen MR) is 210 cm³/mol. The van der Waals surface area contributed by atoms with Crippen molar-refractivity contribution in [1.82, 2.24) is 14.8 Å². The van der Waals surface area contributed by atoms with Crippen LogP contribution in [0.2, 0.25) is 5.02 Å². The Bertz CT molecular complexity index is 1960. The summed E-state index contributed by atoms with van der Waals surface area (Å²) in [5.41, 5.74) is 5.13. The molecule has 3 aromatic rings. The second-order valence-corrected chi connectivity index (χ2v) is 15.1. The summed E-state index contributed by atoms with van der Waals surface area (Å²) in [5.74, 6) is -1.40. The van der Waals surface area contributed by atoms with Gasteiger partial charge in [-0.05, 0) is 105 Å². The highest BCUT2D eigenvalue weighted by Crippen LogP contribution is 2.45. The number of hydrogen-bond donors (Lipinski definition) is 0. The van der Waals surface area contributed by atoms with Gasteiger partial charge in [0.15, 0.2) is 11.6 Å². The molecule has 2 atom stereocenters. The molecule has 1 aromatic heterocycles. The number of carbonyl (C=O) groups excluding carboxylic acids is 2. The molecular formula is C42H49ClF2N4O9. The first-order valence-corrected chi connectivity index (χ1v) is 20.1. The molecule has 0 spiro atoms. The lowest BCUT2D eigenvalue weighted by Gasteiger charge is -2.38. The average molecular weight is 827 g/mol. The van der Waals surface area contributed by atoms with Crippen LogP contribution in [0.5, 0.6) is 11.6 Å². The number of aryl methyl sites for hydroxylation is 1. The topological polar surface area (TPSA) is 143 Å². The Hall–Kier alpha value is -5.02. The van der Waals surface area contributed by atoms with Gasteiger partial charge in [0.2, 0.25) is 5.88 Å². The zero-order valence-electron chi connectivity index (χ0n) is 32.8. The maximum atomic E-state index is 15.1. The fourth-order valence-corrected chi connectivity index (χ4v) is 7.82. The molecule has 2 fully saturated rings. The highest BCUT2D eigenvalue weighted by atomic mass is 35.5. The van der Waals surface area contributed by atoms with Gasteiger partial charge in [0.25, 0.3) is 11.0 Å². The summed E-state index contributed by atoms with van der Waals surface area (Å²) in [6, 6.07) is 11.2. The molecule has 2 bridgehead atoms. The highest BCUT2D eigenvalue weighted by Gasteiger charge is 2.49. The van der Waals surface area contributed by atoms with Crippen molar-refractivity contribution in [3.8, 4) is 11.6 Å². The van der Waals surface area contributed by atoms with Gasteiger partial charge in [-0.1, -0.05) is 35.9 Å². The molecule has 1 saturated carbocycles.